The van der Waals surface area contributed by atoms with E-state index in [2.05, 4.69) is 84.9 Å². The van der Waals surface area contributed by atoms with Crippen LogP contribution in [-0.2, 0) is 12.8 Å². The van der Waals surface area contributed by atoms with E-state index >= 15 is 0 Å². The fourth-order valence-electron chi connectivity index (χ4n) is 5.05. The van der Waals surface area contributed by atoms with Crippen molar-refractivity contribution >= 4 is 32.3 Å². The summed E-state index contributed by atoms with van der Waals surface area (Å²) in [5.41, 5.74) is 5.75. The second-order valence-corrected chi connectivity index (χ2v) is 8.03. The average molecular weight is 358 g/mol. The lowest BCUT2D eigenvalue weighted by atomic mass is 9.86. The maximum atomic E-state index is 2.37. The van der Waals surface area contributed by atoms with Crippen molar-refractivity contribution in [1.82, 2.24) is 0 Å². The molecule has 0 saturated heterocycles. The molecule has 0 amide bonds. The van der Waals surface area contributed by atoms with Crippen LogP contribution in [0.5, 0.6) is 0 Å². The van der Waals surface area contributed by atoms with Crippen molar-refractivity contribution in [2.24, 2.45) is 0 Å². The predicted molar refractivity (Wildman–Crippen MR) is 121 cm³/mol. The van der Waals surface area contributed by atoms with Crippen LogP contribution in [0.15, 0.2) is 84.9 Å². The molecule has 0 atom stereocenters. The van der Waals surface area contributed by atoms with Gasteiger partial charge in [-0.15, -0.1) is 0 Å². The highest BCUT2D eigenvalue weighted by Crippen LogP contribution is 2.36. The Morgan fingerprint density at radius 3 is 2.32 bits per heavy atom. The van der Waals surface area contributed by atoms with E-state index < -0.39 is 0 Å². The Labute approximate surface area is 165 Å². The monoisotopic (exact) mass is 358 g/mol. The van der Waals surface area contributed by atoms with Crippen LogP contribution in [0.1, 0.15) is 24.0 Å². The molecule has 0 radical (unpaired) electrons. The van der Waals surface area contributed by atoms with Crippen LogP contribution in [0.3, 0.4) is 0 Å². The van der Waals surface area contributed by atoms with Gasteiger partial charge in [0.25, 0.3) is 0 Å². The number of aryl methyl sites for hydroxylation is 2. The molecule has 0 nitrogen and oxygen atoms in total. The third-order valence-electron chi connectivity index (χ3n) is 6.45. The van der Waals surface area contributed by atoms with Gasteiger partial charge >= 0.3 is 0 Å². The van der Waals surface area contributed by atoms with Crippen molar-refractivity contribution in [2.75, 3.05) is 0 Å². The first-order valence-corrected chi connectivity index (χ1v) is 10.3. The Morgan fingerprint density at radius 1 is 0.500 bits per heavy atom. The van der Waals surface area contributed by atoms with Crippen LogP contribution in [-0.4, -0.2) is 0 Å². The Balaban J connectivity index is 1.58. The van der Waals surface area contributed by atoms with Gasteiger partial charge in [0.2, 0.25) is 0 Å². The molecule has 0 aromatic heterocycles. The van der Waals surface area contributed by atoms with Crippen molar-refractivity contribution in [3.63, 3.8) is 0 Å². The van der Waals surface area contributed by atoms with Crippen molar-refractivity contribution in [2.45, 2.75) is 25.7 Å². The SMILES string of the molecule is c1ccc2c(-c3ccc4c(ccc5c6c(ccc54)CCCC6)c3)cccc2c1. The summed E-state index contributed by atoms with van der Waals surface area (Å²) in [4.78, 5) is 0. The summed E-state index contributed by atoms with van der Waals surface area (Å²) in [6.45, 7) is 0. The first-order chi connectivity index (χ1) is 13.9. The highest BCUT2D eigenvalue weighted by Gasteiger charge is 2.14. The molecule has 28 heavy (non-hydrogen) atoms. The lowest BCUT2D eigenvalue weighted by molar-refractivity contribution is 0.690. The van der Waals surface area contributed by atoms with Crippen molar-refractivity contribution in [3.8, 4) is 11.1 Å². The molecule has 0 fully saturated rings. The third-order valence-corrected chi connectivity index (χ3v) is 6.45. The molecule has 134 valence electrons. The van der Waals surface area contributed by atoms with E-state index in [1.807, 2.05) is 0 Å². The molecule has 0 heterocycles. The number of fused-ring (bicyclic) bond motifs is 6. The standard InChI is InChI=1S/C28H22/c1-3-9-23-19(6-1)8-5-11-25(23)21-13-15-26-22(18-21)14-17-27-24-10-4-2-7-20(24)12-16-28(26)27/h1,3,5-6,8-9,11-18H,2,4,7,10H2. The fourth-order valence-corrected chi connectivity index (χ4v) is 5.05. The quantitative estimate of drug-likeness (QED) is 0.269. The van der Waals surface area contributed by atoms with Crippen molar-refractivity contribution in [3.05, 3.63) is 96.1 Å². The van der Waals surface area contributed by atoms with Gasteiger partial charge in [0.05, 0.1) is 0 Å². The smallest absolute Gasteiger partial charge is 0.0102 e. The molecule has 1 aliphatic rings. The normalized spacial score (nSPS) is 13.9. The fraction of sp³-hybridized carbons (Fsp3) is 0.143. The molecule has 0 bridgehead atoms. The van der Waals surface area contributed by atoms with Crippen LogP contribution in [0.2, 0.25) is 0 Å². The first kappa shape index (κ1) is 15.9. The van der Waals surface area contributed by atoms with Gasteiger partial charge in [-0.1, -0.05) is 78.9 Å². The maximum absolute atomic E-state index is 2.37. The van der Waals surface area contributed by atoms with Gasteiger partial charge in [-0.05, 0) is 86.3 Å². The van der Waals surface area contributed by atoms with E-state index in [1.165, 1.54) is 69.1 Å². The highest BCUT2D eigenvalue weighted by atomic mass is 14.2. The highest BCUT2D eigenvalue weighted by molar-refractivity contribution is 6.10. The second kappa shape index (κ2) is 6.21. The lowest BCUT2D eigenvalue weighted by Gasteiger charge is -2.19. The third kappa shape index (κ3) is 2.38. The van der Waals surface area contributed by atoms with Crippen LogP contribution in [0.25, 0.3) is 43.4 Å². The van der Waals surface area contributed by atoms with Gasteiger partial charge in [0.15, 0.2) is 0 Å². The van der Waals surface area contributed by atoms with Crippen LogP contribution >= 0.6 is 0 Å². The van der Waals surface area contributed by atoms with E-state index in [4.69, 9.17) is 0 Å². The Hall–Kier alpha value is -3.12. The second-order valence-electron chi connectivity index (χ2n) is 8.03. The van der Waals surface area contributed by atoms with Crippen molar-refractivity contribution in [1.29, 1.82) is 0 Å². The molecule has 0 saturated carbocycles. The van der Waals surface area contributed by atoms with Crippen LogP contribution in [0, 0.1) is 0 Å². The summed E-state index contributed by atoms with van der Waals surface area (Å²) in [6.07, 6.45) is 5.13. The minimum absolute atomic E-state index is 1.23. The number of hydrogen-bond donors (Lipinski definition) is 0. The Bertz CT molecular complexity index is 1350. The molecule has 0 unspecified atom stereocenters. The summed E-state index contributed by atoms with van der Waals surface area (Å²) in [7, 11) is 0. The summed E-state index contributed by atoms with van der Waals surface area (Å²) in [6, 6.07) is 31.6. The molecule has 0 spiro atoms. The summed E-state index contributed by atoms with van der Waals surface area (Å²) in [5.74, 6) is 0. The van der Waals surface area contributed by atoms with E-state index in [1.54, 1.807) is 11.1 Å². The molecule has 0 aliphatic heterocycles. The lowest BCUT2D eigenvalue weighted by Crippen LogP contribution is -2.03. The molecule has 1 aliphatic carbocycles. The zero-order chi connectivity index (χ0) is 18.5. The van der Waals surface area contributed by atoms with Gasteiger partial charge in [-0.25, -0.2) is 0 Å². The zero-order valence-corrected chi connectivity index (χ0v) is 15.9. The zero-order valence-electron chi connectivity index (χ0n) is 15.9. The van der Waals surface area contributed by atoms with Crippen LogP contribution in [0.4, 0.5) is 0 Å². The molecular formula is C28H22. The molecule has 5 aromatic carbocycles. The summed E-state index contributed by atoms with van der Waals surface area (Å²) in [5, 5.41) is 8.18. The van der Waals surface area contributed by atoms with E-state index in [9.17, 15) is 0 Å². The largest absolute Gasteiger partial charge is 0.0616 e. The van der Waals surface area contributed by atoms with Crippen LogP contribution < -0.4 is 0 Å². The summed E-state index contributed by atoms with van der Waals surface area (Å²) >= 11 is 0. The Morgan fingerprint density at radius 2 is 1.32 bits per heavy atom. The predicted octanol–water partition coefficient (Wildman–Crippen LogP) is 7.69. The van der Waals surface area contributed by atoms with Gasteiger partial charge in [-0.3, -0.25) is 0 Å². The first-order valence-electron chi connectivity index (χ1n) is 10.3. The molecule has 0 heteroatoms. The maximum Gasteiger partial charge on any atom is -0.0102 e. The van der Waals surface area contributed by atoms with Crippen molar-refractivity contribution < 1.29 is 0 Å². The van der Waals surface area contributed by atoms with Gasteiger partial charge < -0.3 is 0 Å². The van der Waals surface area contributed by atoms with E-state index in [-0.39, 0.29) is 0 Å². The number of hydrogen-bond acceptors (Lipinski definition) is 0. The van der Waals surface area contributed by atoms with Gasteiger partial charge in [0, 0.05) is 0 Å². The molecule has 5 aromatic rings. The summed E-state index contributed by atoms with van der Waals surface area (Å²) < 4.78 is 0. The van der Waals surface area contributed by atoms with E-state index in [0.29, 0.717) is 0 Å². The minimum Gasteiger partial charge on any atom is -0.0616 e. The van der Waals surface area contributed by atoms with Gasteiger partial charge in [-0.2, -0.15) is 0 Å². The molecule has 0 N–H and O–H groups in total. The minimum atomic E-state index is 1.23. The van der Waals surface area contributed by atoms with Gasteiger partial charge in [0.1, 0.15) is 0 Å². The Kier molecular flexibility index (Phi) is 3.52. The molecular weight excluding hydrogens is 336 g/mol. The number of rotatable bonds is 1. The van der Waals surface area contributed by atoms with E-state index in [0.717, 1.165) is 0 Å². The average Bonchev–Trinajstić information content (AvgIpc) is 2.78. The number of benzene rings is 5. The molecule has 6 rings (SSSR count). The topological polar surface area (TPSA) is 0 Å².